The third-order valence-corrected chi connectivity index (χ3v) is 5.86. The van der Waals surface area contributed by atoms with Gasteiger partial charge in [0.05, 0.1) is 0 Å². The van der Waals surface area contributed by atoms with Gasteiger partial charge in [-0.2, -0.15) is 5.26 Å². The normalized spacial score (nSPS) is 19.0. The van der Waals surface area contributed by atoms with E-state index in [0.29, 0.717) is 11.5 Å². The van der Waals surface area contributed by atoms with Crippen LogP contribution >= 0.6 is 0 Å². The van der Waals surface area contributed by atoms with Gasteiger partial charge in [-0.3, -0.25) is 0 Å². The maximum absolute atomic E-state index is 14.6. The van der Waals surface area contributed by atoms with Gasteiger partial charge in [-0.05, 0) is 92.2 Å². The zero-order valence-corrected chi connectivity index (χ0v) is 16.2. The van der Waals surface area contributed by atoms with Crippen molar-refractivity contribution in [1.82, 2.24) is 0 Å². The quantitative estimate of drug-likeness (QED) is 0.388. The molecule has 0 amide bonds. The monoisotopic (exact) mass is 401 g/mol. The predicted octanol–water partition coefficient (Wildman–Crippen LogP) is 6.75. The fraction of sp³-hybridized carbons (Fsp3) is 0.375. The Morgan fingerprint density at radius 3 is 2.00 bits per heavy atom. The van der Waals surface area contributed by atoms with Crippen molar-refractivity contribution in [3.05, 3.63) is 82.4 Å². The Hall–Kier alpha value is -2.61. The lowest BCUT2D eigenvalue weighted by molar-refractivity contribution is 0.327. The van der Waals surface area contributed by atoms with Gasteiger partial charge in [0, 0.05) is 5.56 Å². The molecule has 29 heavy (non-hydrogen) atoms. The van der Waals surface area contributed by atoms with E-state index in [4.69, 9.17) is 5.26 Å². The number of hydrogen-bond donors (Lipinski definition) is 0. The van der Waals surface area contributed by atoms with Gasteiger partial charge < -0.3 is 0 Å². The fourth-order valence-corrected chi connectivity index (χ4v) is 4.21. The first-order valence-electron chi connectivity index (χ1n) is 9.89. The maximum atomic E-state index is 14.6. The molecule has 2 aromatic rings. The minimum Gasteiger partial charge on any atom is -0.207 e. The minimum atomic E-state index is -0.967. The molecule has 1 aliphatic carbocycles. The van der Waals surface area contributed by atoms with E-state index in [1.807, 2.05) is 6.08 Å². The Balaban J connectivity index is 1.70. The summed E-state index contributed by atoms with van der Waals surface area (Å²) < 4.78 is 56.6. The molecule has 0 aliphatic heterocycles. The largest absolute Gasteiger partial charge is 0.207 e. The van der Waals surface area contributed by atoms with Crippen LogP contribution in [-0.2, 0) is 12.8 Å². The summed E-state index contributed by atoms with van der Waals surface area (Å²) in [6, 6.07) is 6.32. The second-order valence-electron chi connectivity index (χ2n) is 7.75. The highest BCUT2D eigenvalue weighted by atomic mass is 19.1. The third kappa shape index (κ3) is 4.87. The summed E-state index contributed by atoms with van der Waals surface area (Å²) in [5.74, 6) is -2.43. The van der Waals surface area contributed by atoms with E-state index in [0.717, 1.165) is 44.2 Å². The van der Waals surface area contributed by atoms with Crippen molar-refractivity contribution >= 4 is 0 Å². The summed E-state index contributed by atoms with van der Waals surface area (Å²) in [5.41, 5.74) is 0.191. The van der Waals surface area contributed by atoms with Crippen molar-refractivity contribution in [3.8, 4) is 6.07 Å². The van der Waals surface area contributed by atoms with E-state index < -0.39 is 28.8 Å². The standard InChI is InChI=1S/C24H23F4N/c1-2-3-15-4-7-17(8-5-15)18-12-23(27)19(24(28)13-18)9-6-16-10-21(25)20(14-29)22(26)11-16/h2,10-13,15,17H,1,3-9H2. The Morgan fingerprint density at radius 2 is 1.48 bits per heavy atom. The number of hydrogen-bond acceptors (Lipinski definition) is 1. The van der Waals surface area contributed by atoms with Gasteiger partial charge in [-0.15, -0.1) is 6.58 Å². The van der Waals surface area contributed by atoms with Gasteiger partial charge >= 0.3 is 0 Å². The highest BCUT2D eigenvalue weighted by Crippen LogP contribution is 2.38. The first kappa shape index (κ1) is 21.1. The van der Waals surface area contributed by atoms with Crippen molar-refractivity contribution in [2.75, 3.05) is 0 Å². The van der Waals surface area contributed by atoms with Crippen LogP contribution in [0.2, 0.25) is 0 Å². The summed E-state index contributed by atoms with van der Waals surface area (Å²) >= 11 is 0. The summed E-state index contributed by atoms with van der Waals surface area (Å²) in [5, 5.41) is 8.71. The van der Waals surface area contributed by atoms with Crippen LogP contribution in [0.5, 0.6) is 0 Å². The average Bonchev–Trinajstić information content (AvgIpc) is 2.68. The summed E-state index contributed by atoms with van der Waals surface area (Å²) in [6.07, 6.45) is 6.81. The number of halogens is 4. The molecule has 152 valence electrons. The lowest BCUT2D eigenvalue weighted by atomic mass is 9.77. The zero-order chi connectivity index (χ0) is 21.0. The van der Waals surface area contributed by atoms with Crippen LogP contribution in [0.4, 0.5) is 17.6 Å². The number of allylic oxidation sites excluding steroid dienone is 1. The summed E-state index contributed by atoms with van der Waals surface area (Å²) in [6.45, 7) is 3.77. The van der Waals surface area contributed by atoms with Crippen LogP contribution in [0.25, 0.3) is 0 Å². The molecule has 5 heteroatoms. The zero-order valence-electron chi connectivity index (χ0n) is 16.2. The second-order valence-corrected chi connectivity index (χ2v) is 7.75. The summed E-state index contributed by atoms with van der Waals surface area (Å²) in [4.78, 5) is 0. The van der Waals surface area contributed by atoms with Gasteiger partial charge in [0.25, 0.3) is 0 Å². The Morgan fingerprint density at radius 1 is 0.897 bits per heavy atom. The molecular formula is C24H23F4N. The molecule has 0 aromatic heterocycles. The van der Waals surface area contributed by atoms with Gasteiger partial charge in [0.1, 0.15) is 34.9 Å². The fourth-order valence-electron chi connectivity index (χ4n) is 4.21. The number of nitrogens with zero attached hydrogens (tertiary/aromatic N) is 1. The van der Waals surface area contributed by atoms with Crippen LogP contribution in [0.3, 0.4) is 0 Å². The maximum Gasteiger partial charge on any atom is 0.144 e. The van der Waals surface area contributed by atoms with Crippen LogP contribution in [0, 0.1) is 40.5 Å². The van der Waals surface area contributed by atoms with Gasteiger partial charge in [-0.1, -0.05) is 6.08 Å². The number of nitriles is 1. The Labute approximate surface area is 168 Å². The van der Waals surface area contributed by atoms with Crippen molar-refractivity contribution in [1.29, 1.82) is 5.26 Å². The van der Waals surface area contributed by atoms with Crippen molar-refractivity contribution in [2.45, 2.75) is 50.9 Å². The van der Waals surface area contributed by atoms with Crippen molar-refractivity contribution in [2.24, 2.45) is 5.92 Å². The molecule has 3 rings (SSSR count). The molecule has 1 nitrogen and oxygen atoms in total. The molecule has 1 saturated carbocycles. The molecule has 0 atom stereocenters. The molecule has 0 unspecified atom stereocenters. The number of benzene rings is 2. The van der Waals surface area contributed by atoms with Crippen LogP contribution in [0.15, 0.2) is 36.9 Å². The lowest BCUT2D eigenvalue weighted by Crippen LogP contribution is -2.14. The molecular weight excluding hydrogens is 378 g/mol. The summed E-state index contributed by atoms with van der Waals surface area (Å²) in [7, 11) is 0. The van der Waals surface area contributed by atoms with Crippen LogP contribution in [-0.4, -0.2) is 0 Å². The van der Waals surface area contributed by atoms with Gasteiger partial charge in [-0.25, -0.2) is 17.6 Å². The molecule has 1 fully saturated rings. The minimum absolute atomic E-state index is 0.0190. The van der Waals surface area contributed by atoms with E-state index in [-0.39, 0.29) is 29.9 Å². The molecule has 0 N–H and O–H groups in total. The van der Waals surface area contributed by atoms with Crippen LogP contribution < -0.4 is 0 Å². The average molecular weight is 401 g/mol. The molecule has 1 aliphatic rings. The highest BCUT2D eigenvalue weighted by molar-refractivity contribution is 5.36. The van der Waals surface area contributed by atoms with E-state index in [1.165, 1.54) is 18.2 Å². The van der Waals surface area contributed by atoms with Gasteiger partial charge in [0.2, 0.25) is 0 Å². The Bertz CT molecular complexity index is 890. The SMILES string of the molecule is C=CCC1CCC(c2cc(F)c(CCc3cc(F)c(C#N)c(F)c3)c(F)c2)CC1. The highest BCUT2D eigenvalue weighted by Gasteiger charge is 2.23. The van der Waals surface area contributed by atoms with Gasteiger partial charge in [0.15, 0.2) is 0 Å². The number of aryl methyl sites for hydroxylation is 1. The van der Waals surface area contributed by atoms with E-state index in [2.05, 4.69) is 6.58 Å². The smallest absolute Gasteiger partial charge is 0.144 e. The van der Waals surface area contributed by atoms with Crippen LogP contribution in [0.1, 0.15) is 60.3 Å². The van der Waals surface area contributed by atoms with Crippen molar-refractivity contribution in [3.63, 3.8) is 0 Å². The third-order valence-electron chi connectivity index (χ3n) is 5.86. The molecule has 0 spiro atoms. The molecule has 2 aromatic carbocycles. The molecule has 0 radical (unpaired) electrons. The first-order valence-corrected chi connectivity index (χ1v) is 9.89. The van der Waals surface area contributed by atoms with E-state index in [9.17, 15) is 17.6 Å². The van der Waals surface area contributed by atoms with Crippen molar-refractivity contribution < 1.29 is 17.6 Å². The van der Waals surface area contributed by atoms with E-state index in [1.54, 1.807) is 0 Å². The number of rotatable bonds is 6. The first-order chi connectivity index (χ1) is 13.9. The topological polar surface area (TPSA) is 23.8 Å². The lowest BCUT2D eigenvalue weighted by Gasteiger charge is -2.28. The molecule has 0 bridgehead atoms. The molecule has 0 saturated heterocycles. The Kier molecular flexibility index (Phi) is 6.74. The second kappa shape index (κ2) is 9.26. The molecule has 0 heterocycles. The predicted molar refractivity (Wildman–Crippen MR) is 104 cm³/mol. The van der Waals surface area contributed by atoms with E-state index >= 15 is 0 Å².